The summed E-state index contributed by atoms with van der Waals surface area (Å²) in [5, 5.41) is 2.37. The Kier molecular flexibility index (Phi) is 4.44. The molecule has 0 radical (unpaired) electrons. The zero-order chi connectivity index (χ0) is 12.0. The van der Waals surface area contributed by atoms with Crippen LogP contribution in [-0.2, 0) is 11.3 Å². The van der Waals surface area contributed by atoms with Gasteiger partial charge in [-0.3, -0.25) is 0 Å². The van der Waals surface area contributed by atoms with Gasteiger partial charge in [0.1, 0.15) is 6.61 Å². The predicted octanol–water partition coefficient (Wildman–Crippen LogP) is 1.56. The average molecular weight is 225 g/mol. The van der Waals surface area contributed by atoms with Gasteiger partial charge in [0.05, 0.1) is 14.2 Å². The maximum atomic E-state index is 10.9. The van der Waals surface area contributed by atoms with Crippen molar-refractivity contribution in [2.75, 3.05) is 21.3 Å². The number of rotatable bonds is 4. The van der Waals surface area contributed by atoms with Crippen LogP contribution in [0.5, 0.6) is 11.5 Å². The largest absolute Gasteiger partial charge is 0.493 e. The van der Waals surface area contributed by atoms with Crippen molar-refractivity contribution in [2.45, 2.75) is 6.61 Å². The molecule has 0 fully saturated rings. The number of hydrogen-bond donors (Lipinski definition) is 1. The molecule has 88 valence electrons. The lowest BCUT2D eigenvalue weighted by atomic mass is 10.2. The Labute approximate surface area is 94.3 Å². The number of ether oxygens (including phenoxy) is 3. The van der Waals surface area contributed by atoms with Gasteiger partial charge in [0.25, 0.3) is 0 Å². The molecule has 0 saturated heterocycles. The van der Waals surface area contributed by atoms with Gasteiger partial charge < -0.3 is 19.5 Å². The quantitative estimate of drug-likeness (QED) is 0.844. The fraction of sp³-hybridized carbons (Fsp3) is 0.364. The molecular formula is C11H15NO4. The summed E-state index contributed by atoms with van der Waals surface area (Å²) >= 11 is 0. The van der Waals surface area contributed by atoms with Gasteiger partial charge in [0.15, 0.2) is 11.5 Å². The van der Waals surface area contributed by atoms with Gasteiger partial charge in [0.2, 0.25) is 0 Å². The summed E-state index contributed by atoms with van der Waals surface area (Å²) < 4.78 is 15.3. The molecule has 1 aromatic rings. The van der Waals surface area contributed by atoms with E-state index in [4.69, 9.17) is 14.2 Å². The van der Waals surface area contributed by atoms with Crippen LogP contribution < -0.4 is 14.8 Å². The summed E-state index contributed by atoms with van der Waals surface area (Å²) in [6.45, 7) is 0.139. The second-order valence-corrected chi connectivity index (χ2v) is 2.98. The van der Waals surface area contributed by atoms with Gasteiger partial charge in [-0.15, -0.1) is 0 Å². The van der Waals surface area contributed by atoms with Crippen LogP contribution in [0, 0.1) is 0 Å². The minimum Gasteiger partial charge on any atom is -0.493 e. The van der Waals surface area contributed by atoms with E-state index in [1.165, 1.54) is 7.05 Å². The summed E-state index contributed by atoms with van der Waals surface area (Å²) in [5.74, 6) is 1.19. The standard InChI is InChI=1S/C11H15NO4/c1-12-11(13)16-7-8-5-4-6-9(14-2)10(8)15-3/h4-6H,7H2,1-3H3,(H,12,13). The maximum absolute atomic E-state index is 10.9. The summed E-state index contributed by atoms with van der Waals surface area (Å²) in [5.41, 5.74) is 0.755. The number of alkyl carbamates (subject to hydrolysis) is 1. The molecule has 0 atom stereocenters. The van der Waals surface area contributed by atoms with Gasteiger partial charge in [-0.05, 0) is 6.07 Å². The first kappa shape index (κ1) is 12.2. The second-order valence-electron chi connectivity index (χ2n) is 2.98. The smallest absolute Gasteiger partial charge is 0.407 e. The van der Waals surface area contributed by atoms with Crippen LogP contribution >= 0.6 is 0 Å². The van der Waals surface area contributed by atoms with Crippen LogP contribution in [0.25, 0.3) is 0 Å². The van der Waals surface area contributed by atoms with Gasteiger partial charge in [-0.2, -0.15) is 0 Å². The van der Waals surface area contributed by atoms with E-state index >= 15 is 0 Å². The maximum Gasteiger partial charge on any atom is 0.407 e. The van der Waals surface area contributed by atoms with Gasteiger partial charge >= 0.3 is 6.09 Å². The number of amides is 1. The Bertz CT molecular complexity index is 365. The number of carbonyl (C=O) groups is 1. The average Bonchev–Trinajstić information content (AvgIpc) is 2.34. The molecular weight excluding hydrogens is 210 g/mol. The third-order valence-electron chi connectivity index (χ3n) is 2.05. The summed E-state index contributed by atoms with van der Waals surface area (Å²) in [7, 11) is 4.60. The van der Waals surface area contributed by atoms with Crippen molar-refractivity contribution >= 4 is 6.09 Å². The molecule has 1 amide bonds. The van der Waals surface area contributed by atoms with Crippen molar-refractivity contribution < 1.29 is 19.0 Å². The molecule has 0 aliphatic carbocycles. The first-order chi connectivity index (χ1) is 7.72. The van der Waals surface area contributed by atoms with Crippen LogP contribution in [0.3, 0.4) is 0 Å². The Morgan fingerprint density at radius 1 is 1.31 bits per heavy atom. The summed E-state index contributed by atoms with van der Waals surface area (Å²) in [6.07, 6.45) is -0.482. The minimum atomic E-state index is -0.482. The SMILES string of the molecule is CNC(=O)OCc1cccc(OC)c1OC. The molecule has 0 aromatic heterocycles. The van der Waals surface area contributed by atoms with Crippen LogP contribution in [-0.4, -0.2) is 27.4 Å². The van der Waals surface area contributed by atoms with Gasteiger partial charge in [-0.25, -0.2) is 4.79 Å². The molecule has 16 heavy (non-hydrogen) atoms. The van der Waals surface area contributed by atoms with E-state index in [-0.39, 0.29) is 6.61 Å². The van der Waals surface area contributed by atoms with E-state index in [1.54, 1.807) is 20.3 Å². The monoisotopic (exact) mass is 225 g/mol. The van der Waals surface area contributed by atoms with Crippen molar-refractivity contribution in [3.63, 3.8) is 0 Å². The van der Waals surface area contributed by atoms with E-state index < -0.39 is 6.09 Å². The second kappa shape index (κ2) is 5.85. The molecule has 1 rings (SSSR count). The van der Waals surface area contributed by atoms with E-state index in [9.17, 15) is 4.79 Å². The van der Waals surface area contributed by atoms with Crippen molar-refractivity contribution in [3.8, 4) is 11.5 Å². The molecule has 0 bridgehead atoms. The normalized spacial score (nSPS) is 9.44. The Morgan fingerprint density at radius 2 is 2.06 bits per heavy atom. The molecule has 5 heteroatoms. The van der Waals surface area contributed by atoms with Gasteiger partial charge in [0, 0.05) is 12.6 Å². The number of carbonyl (C=O) groups excluding carboxylic acids is 1. The highest BCUT2D eigenvalue weighted by atomic mass is 16.5. The lowest BCUT2D eigenvalue weighted by Gasteiger charge is -2.12. The number of methoxy groups -OCH3 is 2. The number of nitrogens with one attached hydrogen (secondary N) is 1. The highest BCUT2D eigenvalue weighted by Crippen LogP contribution is 2.30. The molecule has 0 spiro atoms. The number of hydrogen-bond acceptors (Lipinski definition) is 4. The Balaban J connectivity index is 2.82. The zero-order valence-electron chi connectivity index (χ0n) is 9.57. The lowest BCUT2D eigenvalue weighted by molar-refractivity contribution is 0.140. The van der Waals surface area contributed by atoms with Crippen LogP contribution in [0.4, 0.5) is 4.79 Å². The van der Waals surface area contributed by atoms with Crippen molar-refractivity contribution in [3.05, 3.63) is 23.8 Å². The highest BCUT2D eigenvalue weighted by molar-refractivity contribution is 5.66. The van der Waals surface area contributed by atoms with Crippen molar-refractivity contribution in [1.29, 1.82) is 0 Å². The third-order valence-corrected chi connectivity index (χ3v) is 2.05. The number of benzene rings is 1. The molecule has 0 aliphatic rings. The van der Waals surface area contributed by atoms with E-state index in [0.717, 1.165) is 5.56 Å². The Hall–Kier alpha value is -1.91. The lowest BCUT2D eigenvalue weighted by Crippen LogP contribution is -2.19. The molecule has 5 nitrogen and oxygen atoms in total. The van der Waals surface area contributed by atoms with E-state index in [1.807, 2.05) is 12.1 Å². The molecule has 0 unspecified atom stereocenters. The first-order valence-electron chi connectivity index (χ1n) is 4.77. The minimum absolute atomic E-state index is 0.139. The van der Waals surface area contributed by atoms with Crippen molar-refractivity contribution in [2.24, 2.45) is 0 Å². The van der Waals surface area contributed by atoms with Crippen LogP contribution in [0.1, 0.15) is 5.56 Å². The molecule has 0 heterocycles. The molecule has 0 saturated carbocycles. The third kappa shape index (κ3) is 2.79. The van der Waals surface area contributed by atoms with Crippen LogP contribution in [0.15, 0.2) is 18.2 Å². The van der Waals surface area contributed by atoms with Crippen LogP contribution in [0.2, 0.25) is 0 Å². The predicted molar refractivity (Wildman–Crippen MR) is 58.8 cm³/mol. The highest BCUT2D eigenvalue weighted by Gasteiger charge is 2.10. The summed E-state index contributed by atoms with van der Waals surface area (Å²) in [4.78, 5) is 10.9. The summed E-state index contributed by atoms with van der Waals surface area (Å²) in [6, 6.07) is 5.40. The first-order valence-corrected chi connectivity index (χ1v) is 4.77. The fourth-order valence-electron chi connectivity index (χ4n) is 1.28. The van der Waals surface area contributed by atoms with Crippen molar-refractivity contribution in [1.82, 2.24) is 5.32 Å². The van der Waals surface area contributed by atoms with Gasteiger partial charge in [-0.1, -0.05) is 12.1 Å². The molecule has 0 aliphatic heterocycles. The Morgan fingerprint density at radius 3 is 2.62 bits per heavy atom. The fourth-order valence-corrected chi connectivity index (χ4v) is 1.28. The number of para-hydroxylation sites is 1. The zero-order valence-corrected chi connectivity index (χ0v) is 9.57. The van der Waals surface area contributed by atoms with E-state index in [2.05, 4.69) is 5.32 Å². The molecule has 1 aromatic carbocycles. The molecule has 1 N–H and O–H groups in total. The van der Waals surface area contributed by atoms with E-state index in [0.29, 0.717) is 11.5 Å². The topological polar surface area (TPSA) is 56.8 Å².